The summed E-state index contributed by atoms with van der Waals surface area (Å²) in [5.41, 5.74) is 6.45. The highest BCUT2D eigenvalue weighted by molar-refractivity contribution is 6.30. The lowest BCUT2D eigenvalue weighted by molar-refractivity contribution is 0.112. The molecule has 1 atom stereocenters. The Labute approximate surface area is 102 Å². The summed E-state index contributed by atoms with van der Waals surface area (Å²) in [5.74, 6) is 0. The Hall–Kier alpha value is -0.770. The highest BCUT2D eigenvalue weighted by Crippen LogP contribution is 2.19. The largest absolute Gasteiger partial charge is 0.379 e. The monoisotopic (exact) mass is 242 g/mol. The normalized spacial score (nSPS) is 14.5. The third-order valence-corrected chi connectivity index (χ3v) is 2.58. The van der Waals surface area contributed by atoms with E-state index < -0.39 is 0 Å². The predicted octanol–water partition coefficient (Wildman–Crippen LogP) is 2.51. The lowest BCUT2D eigenvalue weighted by Gasteiger charge is -2.30. The quantitative estimate of drug-likeness (QED) is 0.806. The van der Waals surface area contributed by atoms with Gasteiger partial charge in [0.05, 0.1) is 12.1 Å². The van der Waals surface area contributed by atoms with Crippen molar-refractivity contribution in [3.63, 3.8) is 0 Å². The minimum absolute atomic E-state index is 0.263. The summed E-state index contributed by atoms with van der Waals surface area (Å²) in [6, 6.07) is 7.59. The van der Waals surface area contributed by atoms with E-state index in [4.69, 9.17) is 22.1 Å². The van der Waals surface area contributed by atoms with Crippen molar-refractivity contribution in [2.75, 3.05) is 25.1 Å². The summed E-state index contributed by atoms with van der Waals surface area (Å²) in [5, 5.41) is 4.06. The summed E-state index contributed by atoms with van der Waals surface area (Å²) in [4.78, 5) is 0. The molecule has 3 nitrogen and oxygen atoms in total. The van der Waals surface area contributed by atoms with Crippen LogP contribution in [0.4, 0.5) is 5.69 Å². The van der Waals surface area contributed by atoms with Crippen LogP contribution >= 0.6 is 11.6 Å². The van der Waals surface area contributed by atoms with Gasteiger partial charge >= 0.3 is 0 Å². The van der Waals surface area contributed by atoms with E-state index in [2.05, 4.69) is 5.32 Å². The molecule has 1 aromatic rings. The molecular weight excluding hydrogens is 224 g/mol. The lowest BCUT2D eigenvalue weighted by atomic mass is 10.0. The lowest BCUT2D eigenvalue weighted by Crippen LogP contribution is -2.46. The van der Waals surface area contributed by atoms with Crippen molar-refractivity contribution in [1.82, 2.24) is 0 Å². The number of hydrogen-bond acceptors (Lipinski definition) is 3. The van der Waals surface area contributed by atoms with E-state index in [9.17, 15) is 0 Å². The Balaban J connectivity index is 2.68. The third kappa shape index (κ3) is 4.00. The van der Waals surface area contributed by atoms with E-state index in [-0.39, 0.29) is 5.54 Å². The maximum atomic E-state index is 5.92. The molecule has 3 N–H and O–H groups in total. The highest BCUT2D eigenvalue weighted by atomic mass is 35.5. The molecule has 0 aliphatic heterocycles. The molecule has 0 bridgehead atoms. The summed E-state index contributed by atoms with van der Waals surface area (Å²) < 4.78 is 5.42. The molecule has 0 saturated carbocycles. The van der Waals surface area contributed by atoms with Crippen molar-refractivity contribution >= 4 is 17.3 Å². The number of rotatable bonds is 6. The second-order valence-corrected chi connectivity index (χ2v) is 4.47. The molecule has 90 valence electrons. The van der Waals surface area contributed by atoms with Gasteiger partial charge in [-0.05, 0) is 32.0 Å². The number of benzene rings is 1. The van der Waals surface area contributed by atoms with Crippen LogP contribution in [0.25, 0.3) is 0 Å². The van der Waals surface area contributed by atoms with Crippen LogP contribution in [0, 0.1) is 0 Å². The highest BCUT2D eigenvalue weighted by Gasteiger charge is 2.22. The minimum Gasteiger partial charge on any atom is -0.379 e. The average molecular weight is 243 g/mol. The number of ether oxygens (including phenoxy) is 1. The molecule has 0 saturated heterocycles. The molecular formula is C12H19ClN2O. The van der Waals surface area contributed by atoms with Gasteiger partial charge in [-0.2, -0.15) is 0 Å². The second kappa shape index (κ2) is 6.09. The van der Waals surface area contributed by atoms with Crippen LogP contribution in [0.5, 0.6) is 0 Å². The first-order valence-corrected chi connectivity index (χ1v) is 5.79. The van der Waals surface area contributed by atoms with Crippen LogP contribution in [0.15, 0.2) is 24.3 Å². The summed E-state index contributed by atoms with van der Waals surface area (Å²) >= 11 is 5.92. The predicted molar refractivity (Wildman–Crippen MR) is 69.0 cm³/mol. The first-order valence-electron chi connectivity index (χ1n) is 5.41. The fraction of sp³-hybridized carbons (Fsp3) is 0.500. The molecule has 1 aromatic carbocycles. The van der Waals surface area contributed by atoms with Crippen molar-refractivity contribution in [2.45, 2.75) is 19.4 Å². The Morgan fingerprint density at radius 1 is 1.50 bits per heavy atom. The van der Waals surface area contributed by atoms with Gasteiger partial charge in [-0.3, -0.25) is 0 Å². The van der Waals surface area contributed by atoms with Crippen molar-refractivity contribution in [3.8, 4) is 0 Å². The zero-order valence-electron chi connectivity index (χ0n) is 9.79. The van der Waals surface area contributed by atoms with Gasteiger partial charge in [0.2, 0.25) is 0 Å². The van der Waals surface area contributed by atoms with Crippen LogP contribution in [-0.2, 0) is 4.74 Å². The van der Waals surface area contributed by atoms with E-state index >= 15 is 0 Å². The molecule has 1 unspecified atom stereocenters. The van der Waals surface area contributed by atoms with Gasteiger partial charge in [-0.1, -0.05) is 17.7 Å². The minimum atomic E-state index is -0.263. The Bertz CT molecular complexity index is 333. The van der Waals surface area contributed by atoms with Crippen LogP contribution in [0.2, 0.25) is 5.02 Å². The molecule has 0 heterocycles. The summed E-state index contributed by atoms with van der Waals surface area (Å²) in [7, 11) is 0. The first-order chi connectivity index (χ1) is 7.59. The number of hydrogen-bond donors (Lipinski definition) is 2. The molecule has 0 aliphatic rings. The Morgan fingerprint density at radius 2 is 2.25 bits per heavy atom. The van der Waals surface area contributed by atoms with Gasteiger partial charge < -0.3 is 15.8 Å². The maximum absolute atomic E-state index is 5.92. The molecule has 16 heavy (non-hydrogen) atoms. The van der Waals surface area contributed by atoms with E-state index in [1.165, 1.54) is 0 Å². The Morgan fingerprint density at radius 3 is 2.81 bits per heavy atom. The Kier molecular flexibility index (Phi) is 5.06. The summed E-state index contributed by atoms with van der Waals surface area (Å²) in [6.45, 7) is 5.76. The number of anilines is 1. The molecule has 1 rings (SSSR count). The number of nitrogens with two attached hydrogens (primary N) is 1. The topological polar surface area (TPSA) is 47.3 Å². The van der Waals surface area contributed by atoms with Gasteiger partial charge in [0.15, 0.2) is 0 Å². The first kappa shape index (κ1) is 13.3. The van der Waals surface area contributed by atoms with Gasteiger partial charge in [0.1, 0.15) is 0 Å². The van der Waals surface area contributed by atoms with Crippen LogP contribution < -0.4 is 11.1 Å². The van der Waals surface area contributed by atoms with Crippen LogP contribution in [0.1, 0.15) is 13.8 Å². The van der Waals surface area contributed by atoms with Crippen molar-refractivity contribution in [2.24, 2.45) is 5.73 Å². The van der Waals surface area contributed by atoms with E-state index in [0.717, 1.165) is 5.69 Å². The zero-order valence-corrected chi connectivity index (χ0v) is 10.6. The third-order valence-electron chi connectivity index (χ3n) is 2.35. The molecule has 0 aliphatic carbocycles. The van der Waals surface area contributed by atoms with Gasteiger partial charge in [-0.25, -0.2) is 0 Å². The molecule has 0 spiro atoms. The SMILES string of the molecule is CCOCC(C)(CN)Nc1cccc(Cl)c1. The number of halogens is 1. The van der Waals surface area contributed by atoms with Crippen molar-refractivity contribution in [1.29, 1.82) is 0 Å². The fourth-order valence-electron chi connectivity index (χ4n) is 1.39. The fourth-order valence-corrected chi connectivity index (χ4v) is 1.58. The maximum Gasteiger partial charge on any atom is 0.0706 e. The molecule has 0 fully saturated rings. The molecule has 0 amide bonds. The molecule has 4 heteroatoms. The molecule has 0 aromatic heterocycles. The van der Waals surface area contributed by atoms with E-state index in [0.29, 0.717) is 24.8 Å². The van der Waals surface area contributed by atoms with Gasteiger partial charge in [-0.15, -0.1) is 0 Å². The van der Waals surface area contributed by atoms with Gasteiger partial charge in [0.25, 0.3) is 0 Å². The second-order valence-electron chi connectivity index (χ2n) is 4.04. The number of nitrogens with one attached hydrogen (secondary N) is 1. The van der Waals surface area contributed by atoms with E-state index in [1.807, 2.05) is 38.1 Å². The average Bonchev–Trinajstić information content (AvgIpc) is 2.26. The smallest absolute Gasteiger partial charge is 0.0706 e. The summed E-state index contributed by atoms with van der Waals surface area (Å²) in [6.07, 6.45) is 0. The van der Waals surface area contributed by atoms with Crippen LogP contribution in [0.3, 0.4) is 0 Å². The van der Waals surface area contributed by atoms with E-state index in [1.54, 1.807) is 0 Å². The van der Waals surface area contributed by atoms with Crippen molar-refractivity contribution < 1.29 is 4.74 Å². The van der Waals surface area contributed by atoms with Gasteiger partial charge in [0, 0.05) is 23.9 Å². The van der Waals surface area contributed by atoms with Crippen LogP contribution in [-0.4, -0.2) is 25.3 Å². The zero-order chi connectivity index (χ0) is 12.0. The molecule has 0 radical (unpaired) electrons. The standard InChI is InChI=1S/C12H19ClN2O/c1-3-16-9-12(2,8-14)15-11-6-4-5-10(13)7-11/h4-7,15H,3,8-9,14H2,1-2H3. The van der Waals surface area contributed by atoms with Crippen molar-refractivity contribution in [3.05, 3.63) is 29.3 Å².